The first-order chi connectivity index (χ1) is 25.6. The van der Waals surface area contributed by atoms with Crippen molar-refractivity contribution >= 4 is 45.3 Å². The molecule has 1 heterocycles. The van der Waals surface area contributed by atoms with Gasteiger partial charge in [0.1, 0.15) is 17.7 Å². The zero-order chi connectivity index (χ0) is 38.8. The van der Waals surface area contributed by atoms with Crippen molar-refractivity contribution in [3.05, 3.63) is 45.6 Å². The molecule has 1 unspecified atom stereocenters. The molecule has 1 aromatic carbocycles. The lowest BCUT2D eigenvalue weighted by Crippen LogP contribution is -2.38. The number of hydrogen-bond acceptors (Lipinski definition) is 15. The number of methoxy groups -OCH3 is 1. The van der Waals surface area contributed by atoms with Crippen LogP contribution >= 0.6 is 11.3 Å². The molecule has 0 aliphatic rings. The molecule has 1 atom stereocenters. The largest absolute Gasteiger partial charge is 0.469 e. The summed E-state index contributed by atoms with van der Waals surface area (Å²) < 4.78 is 43.6. The summed E-state index contributed by atoms with van der Waals surface area (Å²) in [6.07, 6.45) is -0.147. The molecule has 1 aromatic heterocycles. The van der Waals surface area contributed by atoms with Crippen molar-refractivity contribution in [1.82, 2.24) is 0 Å². The highest BCUT2D eigenvalue weighted by molar-refractivity contribution is 7.17. The summed E-state index contributed by atoms with van der Waals surface area (Å²) in [5.74, 6) is -0.926. The third kappa shape index (κ3) is 18.1. The zero-order valence-corrected chi connectivity index (χ0v) is 32.5. The van der Waals surface area contributed by atoms with E-state index in [1.54, 1.807) is 6.92 Å². The average Bonchev–Trinajstić information content (AvgIpc) is 3.47. The molecule has 15 nitrogen and oxygen atoms in total. The van der Waals surface area contributed by atoms with Gasteiger partial charge in [0.15, 0.2) is 0 Å². The summed E-state index contributed by atoms with van der Waals surface area (Å²) in [6, 6.07) is 8.06. The molecule has 0 aliphatic carbocycles. The number of ether oxygens (including phenoxy) is 8. The van der Waals surface area contributed by atoms with Gasteiger partial charge in [-0.2, -0.15) is 15.5 Å². The molecular formula is C37H53N5O10S. The number of azo groups is 1. The molecule has 0 amide bonds. The number of anilines is 1. The van der Waals surface area contributed by atoms with Crippen LogP contribution in [0.25, 0.3) is 4.85 Å². The Labute approximate surface area is 316 Å². The molecule has 0 radical (unpaired) electrons. The predicted octanol–water partition coefficient (Wildman–Crippen LogP) is 6.40. The Kier molecular flexibility index (Phi) is 22.8. The SMILES string of the molecule is [C-]#[N+]c1c(N=Nc2ccc(N(CC)CC(COC(C)C)OCCOCCOCCOCCOCCOC(=O)CCC(=O)OC)cc2C)sc(C#N)c1C. The fraction of sp³-hybridized carbons (Fsp3) is 0.622. The van der Waals surface area contributed by atoms with E-state index < -0.39 is 11.9 Å². The molecule has 0 fully saturated rings. The second kappa shape index (κ2) is 26.7. The Hall–Kier alpha value is -4.00. The molecule has 0 saturated heterocycles. The summed E-state index contributed by atoms with van der Waals surface area (Å²) in [5, 5.41) is 18.5. The fourth-order valence-electron chi connectivity index (χ4n) is 4.59. The Morgan fingerprint density at radius 3 is 2.06 bits per heavy atom. The Bertz CT molecular complexity index is 1500. The van der Waals surface area contributed by atoms with E-state index in [9.17, 15) is 14.9 Å². The first kappa shape index (κ1) is 45.2. The van der Waals surface area contributed by atoms with Gasteiger partial charge in [-0.15, -0.1) is 11.3 Å². The number of likely N-dealkylation sites (N-methyl/N-ethyl adjacent to an activating group) is 1. The van der Waals surface area contributed by atoms with E-state index in [2.05, 4.69) is 43.8 Å². The van der Waals surface area contributed by atoms with Gasteiger partial charge in [0, 0.05) is 18.8 Å². The molecule has 0 bridgehead atoms. The van der Waals surface area contributed by atoms with Gasteiger partial charge in [-0.05, 0) is 63.9 Å². The molecule has 2 aromatic rings. The van der Waals surface area contributed by atoms with Gasteiger partial charge in [0.25, 0.3) is 0 Å². The van der Waals surface area contributed by atoms with Gasteiger partial charge in [-0.3, -0.25) is 9.59 Å². The Morgan fingerprint density at radius 2 is 1.51 bits per heavy atom. The first-order valence-corrected chi connectivity index (χ1v) is 18.4. The van der Waals surface area contributed by atoms with Crippen molar-refractivity contribution in [1.29, 1.82) is 5.26 Å². The molecule has 0 saturated carbocycles. The zero-order valence-electron chi connectivity index (χ0n) is 31.7. The normalized spacial score (nSPS) is 11.8. The molecule has 0 N–H and O–H groups in total. The quantitative estimate of drug-likeness (QED) is 0.0406. The number of carbonyl (C=O) groups excluding carboxylic acids is 2. The minimum Gasteiger partial charge on any atom is -0.469 e. The number of aryl methyl sites for hydroxylation is 1. The minimum atomic E-state index is -0.472. The van der Waals surface area contributed by atoms with E-state index in [-0.39, 0.29) is 38.3 Å². The van der Waals surface area contributed by atoms with Gasteiger partial charge in [-0.25, -0.2) is 4.85 Å². The Morgan fingerprint density at radius 1 is 0.906 bits per heavy atom. The number of thiophene rings is 1. The van der Waals surface area contributed by atoms with Crippen LogP contribution in [0.2, 0.25) is 0 Å². The highest BCUT2D eigenvalue weighted by Gasteiger charge is 2.18. The number of esters is 2. The fourth-order valence-corrected chi connectivity index (χ4v) is 5.45. The van der Waals surface area contributed by atoms with Crippen LogP contribution in [0.5, 0.6) is 0 Å². The van der Waals surface area contributed by atoms with Gasteiger partial charge >= 0.3 is 11.9 Å². The summed E-state index contributed by atoms with van der Waals surface area (Å²) in [4.78, 5) is 28.7. The summed E-state index contributed by atoms with van der Waals surface area (Å²) in [6.45, 7) is 22.6. The van der Waals surface area contributed by atoms with Crippen LogP contribution < -0.4 is 4.90 Å². The van der Waals surface area contributed by atoms with Crippen LogP contribution in [-0.2, 0) is 47.5 Å². The lowest BCUT2D eigenvalue weighted by atomic mass is 10.1. The summed E-state index contributed by atoms with van der Waals surface area (Å²) >= 11 is 1.17. The number of nitrogens with zero attached hydrogens (tertiary/aromatic N) is 5. The van der Waals surface area contributed by atoms with Crippen molar-refractivity contribution in [2.24, 2.45) is 10.2 Å². The molecule has 2 rings (SSSR count). The third-order valence-electron chi connectivity index (χ3n) is 7.47. The number of rotatable bonds is 28. The van der Waals surface area contributed by atoms with Crippen molar-refractivity contribution in [3.8, 4) is 6.07 Å². The second-order valence-electron chi connectivity index (χ2n) is 11.8. The average molecular weight is 760 g/mol. The lowest BCUT2D eigenvalue weighted by Gasteiger charge is -2.29. The first-order valence-electron chi connectivity index (χ1n) is 17.6. The lowest BCUT2D eigenvalue weighted by molar-refractivity contribution is -0.150. The van der Waals surface area contributed by atoms with Crippen LogP contribution in [0.4, 0.5) is 22.1 Å². The molecule has 53 heavy (non-hydrogen) atoms. The molecule has 292 valence electrons. The standard InChI is InChI=1S/C37H53N5O10S/c1-8-42(30-9-10-32(28(4)23-30)40-41-37-36(39-6)29(5)33(24-38)53-37)25-31(26-52-27(2)3)50-21-19-48-17-15-46-13-14-47-16-18-49-20-22-51-35(44)12-11-34(43)45-7/h9-10,23,27,31H,8,11-22,25-26H2,1-5,7H3. The Balaban J connectivity index is 1.66. The summed E-state index contributed by atoms with van der Waals surface area (Å²) in [5.41, 5.74) is 3.63. The van der Waals surface area contributed by atoms with Crippen molar-refractivity contribution in [2.45, 2.75) is 59.7 Å². The van der Waals surface area contributed by atoms with Gasteiger partial charge in [0.2, 0.25) is 5.69 Å². The number of carbonyl (C=O) groups is 2. The van der Waals surface area contributed by atoms with Crippen molar-refractivity contribution in [2.75, 3.05) is 97.8 Å². The third-order valence-corrected chi connectivity index (χ3v) is 8.54. The van der Waals surface area contributed by atoms with E-state index in [4.69, 9.17) is 39.7 Å². The topological polar surface area (TPSA) is 164 Å². The maximum atomic E-state index is 11.5. The molecule has 0 spiro atoms. The maximum Gasteiger partial charge on any atom is 0.306 e. The smallest absolute Gasteiger partial charge is 0.306 e. The van der Waals surface area contributed by atoms with E-state index in [1.165, 1.54) is 18.4 Å². The summed E-state index contributed by atoms with van der Waals surface area (Å²) in [7, 11) is 1.27. The minimum absolute atomic E-state index is 0.00631. The van der Waals surface area contributed by atoms with Gasteiger partial charge < -0.3 is 42.8 Å². The van der Waals surface area contributed by atoms with Crippen LogP contribution in [0.15, 0.2) is 28.4 Å². The molecule has 16 heteroatoms. The van der Waals surface area contributed by atoms with Crippen molar-refractivity contribution < 1.29 is 47.5 Å². The van der Waals surface area contributed by atoms with E-state index in [0.29, 0.717) is 92.8 Å². The number of benzene rings is 1. The van der Waals surface area contributed by atoms with Crippen LogP contribution in [0.1, 0.15) is 49.6 Å². The van der Waals surface area contributed by atoms with E-state index in [0.717, 1.165) is 17.8 Å². The predicted molar refractivity (Wildman–Crippen MR) is 200 cm³/mol. The van der Waals surface area contributed by atoms with E-state index >= 15 is 0 Å². The van der Waals surface area contributed by atoms with Gasteiger partial charge in [0.05, 0.1) is 115 Å². The van der Waals surface area contributed by atoms with E-state index in [1.807, 2.05) is 32.9 Å². The van der Waals surface area contributed by atoms with Crippen LogP contribution in [-0.4, -0.2) is 117 Å². The highest BCUT2D eigenvalue weighted by atomic mass is 32.1. The second-order valence-corrected chi connectivity index (χ2v) is 12.8. The van der Waals surface area contributed by atoms with Crippen LogP contribution in [0.3, 0.4) is 0 Å². The van der Waals surface area contributed by atoms with Gasteiger partial charge in [-0.1, -0.05) is 0 Å². The molecule has 0 aliphatic heterocycles. The van der Waals surface area contributed by atoms with Crippen LogP contribution in [0, 0.1) is 31.8 Å². The number of nitriles is 1. The highest BCUT2D eigenvalue weighted by Crippen LogP contribution is 2.42. The molecular weight excluding hydrogens is 706 g/mol. The van der Waals surface area contributed by atoms with Crippen molar-refractivity contribution in [3.63, 3.8) is 0 Å². The monoisotopic (exact) mass is 759 g/mol. The maximum absolute atomic E-state index is 11.5. The number of hydrogen-bond donors (Lipinski definition) is 0.